The summed E-state index contributed by atoms with van der Waals surface area (Å²) < 4.78 is 5.33. The van der Waals surface area contributed by atoms with Crippen molar-refractivity contribution in [2.45, 2.75) is 6.92 Å². The summed E-state index contributed by atoms with van der Waals surface area (Å²) in [5.41, 5.74) is 7.92. The second-order valence-corrected chi connectivity index (χ2v) is 7.28. The third-order valence-electron chi connectivity index (χ3n) is 4.51. The summed E-state index contributed by atoms with van der Waals surface area (Å²) in [4.78, 5) is 6.73. The molecule has 5 nitrogen and oxygen atoms in total. The monoisotopic (exact) mass is 430 g/mol. The van der Waals surface area contributed by atoms with Gasteiger partial charge < -0.3 is 9.64 Å². The van der Waals surface area contributed by atoms with E-state index in [-0.39, 0.29) is 0 Å². The van der Waals surface area contributed by atoms with Crippen LogP contribution in [-0.4, -0.2) is 43.2 Å². The highest BCUT2D eigenvalue weighted by Gasteiger charge is 2.06. The number of anilines is 2. The van der Waals surface area contributed by atoms with Gasteiger partial charge in [-0.1, -0.05) is 12.1 Å². The molecule has 0 saturated heterocycles. The number of hydrogen-bond donors (Lipinski definition) is 1. The maximum Gasteiger partial charge on any atom is 0.119 e. The number of nitrogens with zero attached hydrogens (tertiary/aromatic N) is 3. The molecule has 7 heteroatoms. The molecule has 0 unspecified atom stereocenters. The van der Waals surface area contributed by atoms with Crippen molar-refractivity contribution in [2.24, 2.45) is 5.10 Å². The number of aromatic nitrogens is 1. The van der Waals surface area contributed by atoms with Crippen molar-refractivity contribution in [1.82, 2.24) is 4.98 Å². The molecule has 0 aliphatic carbocycles. The SMILES string of the molecule is COc1ccc2nc(C)cc(N/N=C/c3ccc(N(CCCl)CCCl)cc3)c2c1. The Morgan fingerprint density at radius 1 is 1.07 bits per heavy atom. The van der Waals surface area contributed by atoms with E-state index >= 15 is 0 Å². The molecular formula is C22H24Cl2N4O. The van der Waals surface area contributed by atoms with Gasteiger partial charge in [-0.25, -0.2) is 0 Å². The van der Waals surface area contributed by atoms with Crippen molar-refractivity contribution in [3.05, 3.63) is 59.8 Å². The molecule has 2 aromatic carbocycles. The smallest absolute Gasteiger partial charge is 0.119 e. The largest absolute Gasteiger partial charge is 0.497 e. The fraction of sp³-hybridized carbons (Fsp3) is 0.273. The molecule has 1 aromatic heterocycles. The number of nitrogens with one attached hydrogen (secondary N) is 1. The zero-order valence-corrected chi connectivity index (χ0v) is 18.0. The average Bonchev–Trinajstić information content (AvgIpc) is 2.74. The summed E-state index contributed by atoms with van der Waals surface area (Å²) >= 11 is 11.8. The number of ether oxygens (including phenoxy) is 1. The first-order valence-electron chi connectivity index (χ1n) is 9.36. The summed E-state index contributed by atoms with van der Waals surface area (Å²) in [5, 5.41) is 5.36. The van der Waals surface area contributed by atoms with E-state index in [0.717, 1.165) is 52.4 Å². The summed E-state index contributed by atoms with van der Waals surface area (Å²) in [7, 11) is 1.65. The Bertz CT molecular complexity index is 970. The number of alkyl halides is 2. The number of hydrogen-bond acceptors (Lipinski definition) is 5. The van der Waals surface area contributed by atoms with Gasteiger partial charge in [0.1, 0.15) is 5.75 Å². The first-order chi connectivity index (χ1) is 14.1. The van der Waals surface area contributed by atoms with E-state index in [1.165, 1.54) is 0 Å². The van der Waals surface area contributed by atoms with E-state index in [1.54, 1.807) is 13.3 Å². The molecular weight excluding hydrogens is 407 g/mol. The van der Waals surface area contributed by atoms with Crippen LogP contribution in [0.2, 0.25) is 0 Å². The lowest BCUT2D eigenvalue weighted by Gasteiger charge is -2.22. The highest BCUT2D eigenvalue weighted by Crippen LogP contribution is 2.27. The van der Waals surface area contributed by atoms with E-state index in [1.807, 2.05) is 43.3 Å². The van der Waals surface area contributed by atoms with E-state index < -0.39 is 0 Å². The number of rotatable bonds is 9. The predicted molar refractivity (Wildman–Crippen MR) is 124 cm³/mol. The van der Waals surface area contributed by atoms with Crippen molar-refractivity contribution in [1.29, 1.82) is 0 Å². The lowest BCUT2D eigenvalue weighted by Crippen LogP contribution is -2.27. The van der Waals surface area contributed by atoms with Gasteiger partial charge in [-0.2, -0.15) is 5.10 Å². The molecule has 0 atom stereocenters. The van der Waals surface area contributed by atoms with Crippen LogP contribution in [0.15, 0.2) is 53.6 Å². The van der Waals surface area contributed by atoms with Crippen molar-refractivity contribution in [3.8, 4) is 5.75 Å². The standard InChI is InChI=1S/C22H24Cl2N4O/c1-16-13-22(20-14-19(29-2)7-8-21(20)26-16)27-25-15-17-3-5-18(6-4-17)28(11-9-23)12-10-24/h3-8,13-15H,9-12H2,1-2H3,(H,26,27)/b25-15+. The van der Waals surface area contributed by atoms with Crippen molar-refractivity contribution >= 4 is 51.7 Å². The number of halogens is 2. The lowest BCUT2D eigenvalue weighted by atomic mass is 10.1. The third-order valence-corrected chi connectivity index (χ3v) is 4.85. The van der Waals surface area contributed by atoms with Gasteiger partial charge in [0.2, 0.25) is 0 Å². The van der Waals surface area contributed by atoms with Crippen LogP contribution in [0.25, 0.3) is 10.9 Å². The van der Waals surface area contributed by atoms with Crippen LogP contribution in [0, 0.1) is 6.92 Å². The summed E-state index contributed by atoms with van der Waals surface area (Å²) in [5.74, 6) is 1.91. The number of benzene rings is 2. The molecule has 0 aliphatic heterocycles. The van der Waals surface area contributed by atoms with Gasteiger partial charge in [-0.15, -0.1) is 23.2 Å². The Balaban J connectivity index is 1.76. The van der Waals surface area contributed by atoms with Gasteiger partial charge in [0, 0.05) is 41.6 Å². The number of pyridine rings is 1. The molecule has 0 amide bonds. The molecule has 0 fully saturated rings. The van der Waals surface area contributed by atoms with Gasteiger partial charge in [0.25, 0.3) is 0 Å². The minimum atomic E-state index is 0.564. The van der Waals surface area contributed by atoms with E-state index in [0.29, 0.717) is 11.8 Å². The predicted octanol–water partition coefficient (Wildman–Crippen LogP) is 5.28. The lowest BCUT2D eigenvalue weighted by molar-refractivity contribution is 0.415. The zero-order valence-electron chi connectivity index (χ0n) is 16.5. The van der Waals surface area contributed by atoms with E-state index in [4.69, 9.17) is 27.9 Å². The number of aryl methyl sites for hydroxylation is 1. The normalized spacial score (nSPS) is 11.2. The molecule has 0 aliphatic rings. The van der Waals surface area contributed by atoms with Gasteiger partial charge >= 0.3 is 0 Å². The zero-order chi connectivity index (χ0) is 20.6. The molecule has 3 aromatic rings. The van der Waals surface area contributed by atoms with Gasteiger partial charge in [0.05, 0.1) is 24.5 Å². The summed E-state index contributed by atoms with van der Waals surface area (Å²) in [6, 6.07) is 15.9. The van der Waals surface area contributed by atoms with E-state index in [2.05, 4.69) is 32.5 Å². The van der Waals surface area contributed by atoms with Crippen LogP contribution in [-0.2, 0) is 0 Å². The van der Waals surface area contributed by atoms with Gasteiger partial charge in [-0.3, -0.25) is 10.4 Å². The molecule has 0 radical (unpaired) electrons. The molecule has 0 spiro atoms. The van der Waals surface area contributed by atoms with Crippen molar-refractivity contribution in [3.63, 3.8) is 0 Å². The average molecular weight is 431 g/mol. The highest BCUT2D eigenvalue weighted by atomic mass is 35.5. The molecule has 29 heavy (non-hydrogen) atoms. The van der Waals surface area contributed by atoms with Crippen molar-refractivity contribution < 1.29 is 4.74 Å². The maximum atomic E-state index is 5.88. The van der Waals surface area contributed by atoms with Crippen LogP contribution < -0.4 is 15.1 Å². The topological polar surface area (TPSA) is 49.8 Å². The first-order valence-corrected chi connectivity index (χ1v) is 10.4. The van der Waals surface area contributed by atoms with Gasteiger partial charge in [-0.05, 0) is 48.9 Å². The summed E-state index contributed by atoms with van der Waals surface area (Å²) in [6.07, 6.45) is 1.79. The fourth-order valence-electron chi connectivity index (χ4n) is 3.08. The second-order valence-electron chi connectivity index (χ2n) is 6.52. The molecule has 0 saturated carbocycles. The van der Waals surface area contributed by atoms with Crippen LogP contribution in [0.3, 0.4) is 0 Å². The van der Waals surface area contributed by atoms with Crippen LogP contribution >= 0.6 is 23.2 Å². The number of hydrazone groups is 1. The van der Waals surface area contributed by atoms with E-state index in [9.17, 15) is 0 Å². The highest BCUT2D eigenvalue weighted by molar-refractivity contribution is 6.18. The van der Waals surface area contributed by atoms with Gasteiger partial charge in [0.15, 0.2) is 0 Å². The quantitative estimate of drug-likeness (QED) is 0.285. The Hall–Kier alpha value is -2.50. The molecule has 1 N–H and O–H groups in total. The Kier molecular flexibility index (Phi) is 7.55. The fourth-order valence-corrected chi connectivity index (χ4v) is 3.49. The minimum absolute atomic E-state index is 0.564. The molecule has 0 bridgehead atoms. The Morgan fingerprint density at radius 2 is 1.79 bits per heavy atom. The Morgan fingerprint density at radius 3 is 2.45 bits per heavy atom. The summed E-state index contributed by atoms with van der Waals surface area (Å²) in [6.45, 7) is 3.49. The van der Waals surface area contributed by atoms with Crippen LogP contribution in [0.1, 0.15) is 11.3 Å². The van der Waals surface area contributed by atoms with Crippen LogP contribution in [0.4, 0.5) is 11.4 Å². The second kappa shape index (κ2) is 10.3. The number of fused-ring (bicyclic) bond motifs is 1. The maximum absolute atomic E-state index is 5.88. The van der Waals surface area contributed by atoms with Crippen molar-refractivity contribution in [2.75, 3.05) is 42.3 Å². The molecule has 152 valence electrons. The molecule has 1 heterocycles. The Labute approximate surface area is 181 Å². The number of methoxy groups -OCH3 is 1. The third kappa shape index (κ3) is 5.52. The minimum Gasteiger partial charge on any atom is -0.497 e. The van der Waals surface area contributed by atoms with Crippen LogP contribution in [0.5, 0.6) is 5.75 Å². The molecule has 3 rings (SSSR count). The first kappa shape index (κ1) is 21.2.